The van der Waals surface area contributed by atoms with Crippen molar-refractivity contribution in [3.05, 3.63) is 0 Å². The third-order valence-corrected chi connectivity index (χ3v) is 6.26. The maximum Gasteiger partial charge on any atom is 0.229 e. The van der Waals surface area contributed by atoms with E-state index < -0.39 is 0 Å². The first-order chi connectivity index (χ1) is 11.7. The average molecular weight is 338 g/mol. The second-order valence-electron chi connectivity index (χ2n) is 7.59. The van der Waals surface area contributed by atoms with Gasteiger partial charge in [0.25, 0.3) is 0 Å². The Hall–Kier alpha value is -0.650. The number of carbonyl (C=O) groups is 1. The second-order valence-corrected chi connectivity index (χ2v) is 7.59. The summed E-state index contributed by atoms with van der Waals surface area (Å²) in [4.78, 5) is 18.1. The van der Waals surface area contributed by atoms with Crippen LogP contribution in [0.5, 0.6) is 0 Å². The molecule has 0 spiro atoms. The summed E-state index contributed by atoms with van der Waals surface area (Å²) < 4.78 is 11.1. The Kier molecular flexibility index (Phi) is 6.17. The van der Waals surface area contributed by atoms with Gasteiger partial charge in [-0.2, -0.15) is 0 Å². The first-order valence-corrected chi connectivity index (χ1v) is 9.90. The SMILES string of the molecule is CCOCCN1CCN(C(=O)C2(C3CC3)CCOCC2)CC1CC. The van der Waals surface area contributed by atoms with E-state index in [0.29, 0.717) is 17.9 Å². The molecule has 5 heteroatoms. The normalized spacial score (nSPS) is 28.1. The Bertz CT molecular complexity index is 419. The summed E-state index contributed by atoms with van der Waals surface area (Å²) in [5.74, 6) is 1.04. The van der Waals surface area contributed by atoms with E-state index in [4.69, 9.17) is 9.47 Å². The van der Waals surface area contributed by atoms with Gasteiger partial charge in [-0.25, -0.2) is 0 Å². The highest BCUT2D eigenvalue weighted by molar-refractivity contribution is 5.83. The maximum absolute atomic E-state index is 13.4. The molecule has 2 heterocycles. The van der Waals surface area contributed by atoms with Gasteiger partial charge in [-0.3, -0.25) is 9.69 Å². The Morgan fingerprint density at radius 1 is 1.21 bits per heavy atom. The molecule has 5 nitrogen and oxygen atoms in total. The lowest BCUT2D eigenvalue weighted by molar-refractivity contribution is -0.153. The zero-order chi connectivity index (χ0) is 17.0. The number of hydrogen-bond acceptors (Lipinski definition) is 4. The van der Waals surface area contributed by atoms with Crippen LogP contribution in [-0.4, -0.2) is 74.4 Å². The van der Waals surface area contributed by atoms with Gasteiger partial charge in [0, 0.05) is 52.0 Å². The van der Waals surface area contributed by atoms with Crippen LogP contribution in [0.15, 0.2) is 0 Å². The molecule has 0 radical (unpaired) electrons. The summed E-state index contributed by atoms with van der Waals surface area (Å²) in [6, 6.07) is 0.472. The summed E-state index contributed by atoms with van der Waals surface area (Å²) >= 11 is 0. The van der Waals surface area contributed by atoms with Gasteiger partial charge in [-0.15, -0.1) is 0 Å². The molecular weight excluding hydrogens is 304 g/mol. The molecule has 0 bridgehead atoms. The predicted octanol–water partition coefficient (Wildman–Crippen LogP) is 2.15. The molecule has 1 amide bonds. The van der Waals surface area contributed by atoms with E-state index in [9.17, 15) is 4.79 Å². The number of carbonyl (C=O) groups excluding carboxylic acids is 1. The van der Waals surface area contributed by atoms with Gasteiger partial charge in [-0.05, 0) is 44.9 Å². The molecule has 0 aromatic carbocycles. The van der Waals surface area contributed by atoms with Crippen molar-refractivity contribution in [3.63, 3.8) is 0 Å². The lowest BCUT2D eigenvalue weighted by atomic mass is 9.74. The third kappa shape index (κ3) is 3.78. The van der Waals surface area contributed by atoms with Crippen molar-refractivity contribution < 1.29 is 14.3 Å². The molecule has 3 fully saturated rings. The molecule has 0 aromatic heterocycles. The van der Waals surface area contributed by atoms with E-state index in [1.165, 1.54) is 12.8 Å². The van der Waals surface area contributed by atoms with Crippen molar-refractivity contribution >= 4 is 5.91 Å². The first-order valence-electron chi connectivity index (χ1n) is 9.90. The molecule has 1 saturated carbocycles. The van der Waals surface area contributed by atoms with Crippen LogP contribution >= 0.6 is 0 Å². The largest absolute Gasteiger partial charge is 0.381 e. The highest BCUT2D eigenvalue weighted by Crippen LogP contribution is 2.52. The van der Waals surface area contributed by atoms with Crippen LogP contribution in [0.25, 0.3) is 0 Å². The standard InChI is InChI=1S/C19H34N2O3/c1-3-17-15-21(10-9-20(17)11-14-23-4-2)18(22)19(16-5-6-16)7-12-24-13-8-19/h16-17H,3-15H2,1-2H3. The first kappa shape index (κ1) is 18.2. The van der Waals surface area contributed by atoms with Crippen LogP contribution < -0.4 is 0 Å². The number of rotatable bonds is 7. The summed E-state index contributed by atoms with van der Waals surface area (Å²) in [5.41, 5.74) is -0.107. The van der Waals surface area contributed by atoms with E-state index in [1.54, 1.807) is 0 Å². The molecule has 3 aliphatic rings. The Morgan fingerprint density at radius 3 is 2.58 bits per heavy atom. The minimum atomic E-state index is -0.107. The van der Waals surface area contributed by atoms with E-state index >= 15 is 0 Å². The molecule has 0 aromatic rings. The van der Waals surface area contributed by atoms with Crippen LogP contribution in [0.1, 0.15) is 46.0 Å². The fourth-order valence-corrected chi connectivity index (χ4v) is 4.57. The molecule has 24 heavy (non-hydrogen) atoms. The molecular formula is C19H34N2O3. The average Bonchev–Trinajstić information content (AvgIpc) is 3.47. The maximum atomic E-state index is 13.4. The number of piperazine rings is 1. The third-order valence-electron chi connectivity index (χ3n) is 6.26. The van der Waals surface area contributed by atoms with Crippen LogP contribution in [-0.2, 0) is 14.3 Å². The van der Waals surface area contributed by atoms with Gasteiger partial charge in [0.05, 0.1) is 12.0 Å². The van der Waals surface area contributed by atoms with Crippen molar-refractivity contribution in [2.24, 2.45) is 11.3 Å². The molecule has 138 valence electrons. The van der Waals surface area contributed by atoms with Crippen LogP contribution in [0.4, 0.5) is 0 Å². The van der Waals surface area contributed by atoms with Gasteiger partial charge < -0.3 is 14.4 Å². The Morgan fingerprint density at radius 2 is 1.96 bits per heavy atom. The Balaban J connectivity index is 1.61. The number of ether oxygens (including phenoxy) is 2. The van der Waals surface area contributed by atoms with Crippen molar-refractivity contribution in [2.45, 2.75) is 52.0 Å². The van der Waals surface area contributed by atoms with Gasteiger partial charge >= 0.3 is 0 Å². The highest BCUT2D eigenvalue weighted by atomic mass is 16.5. The van der Waals surface area contributed by atoms with E-state index in [0.717, 1.165) is 71.9 Å². The van der Waals surface area contributed by atoms with Gasteiger partial charge in [0.1, 0.15) is 0 Å². The quantitative estimate of drug-likeness (QED) is 0.667. The smallest absolute Gasteiger partial charge is 0.229 e. The summed E-state index contributed by atoms with van der Waals surface area (Å²) in [7, 11) is 0. The van der Waals surface area contributed by atoms with E-state index in [-0.39, 0.29) is 5.41 Å². The Labute approximate surface area is 146 Å². The van der Waals surface area contributed by atoms with Crippen molar-refractivity contribution in [2.75, 3.05) is 52.6 Å². The molecule has 1 atom stereocenters. The van der Waals surface area contributed by atoms with Gasteiger partial charge in [0.2, 0.25) is 5.91 Å². The number of nitrogens with zero attached hydrogens (tertiary/aromatic N) is 2. The van der Waals surface area contributed by atoms with Crippen molar-refractivity contribution in [1.82, 2.24) is 9.80 Å². The minimum absolute atomic E-state index is 0.107. The topological polar surface area (TPSA) is 42.0 Å². The van der Waals surface area contributed by atoms with E-state index in [2.05, 4.69) is 16.7 Å². The molecule has 3 rings (SSSR count). The molecule has 1 unspecified atom stereocenters. The summed E-state index contributed by atoms with van der Waals surface area (Å²) in [6.07, 6.45) is 5.42. The highest BCUT2D eigenvalue weighted by Gasteiger charge is 2.53. The van der Waals surface area contributed by atoms with Gasteiger partial charge in [-0.1, -0.05) is 6.92 Å². The van der Waals surface area contributed by atoms with Crippen LogP contribution in [0.3, 0.4) is 0 Å². The molecule has 1 aliphatic carbocycles. The van der Waals surface area contributed by atoms with Crippen molar-refractivity contribution in [3.8, 4) is 0 Å². The number of amides is 1. The minimum Gasteiger partial charge on any atom is -0.381 e. The molecule has 2 aliphatic heterocycles. The second kappa shape index (κ2) is 8.15. The van der Waals surface area contributed by atoms with E-state index in [1.807, 2.05) is 6.92 Å². The van der Waals surface area contributed by atoms with Gasteiger partial charge in [0.15, 0.2) is 0 Å². The van der Waals surface area contributed by atoms with Crippen molar-refractivity contribution in [1.29, 1.82) is 0 Å². The lowest BCUT2D eigenvalue weighted by Gasteiger charge is -2.46. The van der Waals surface area contributed by atoms with Crippen LogP contribution in [0.2, 0.25) is 0 Å². The summed E-state index contributed by atoms with van der Waals surface area (Å²) in [6.45, 7) is 11.1. The molecule has 0 N–H and O–H groups in total. The molecule has 2 saturated heterocycles. The van der Waals surface area contributed by atoms with Crippen LogP contribution in [0, 0.1) is 11.3 Å². The zero-order valence-electron chi connectivity index (χ0n) is 15.5. The number of hydrogen-bond donors (Lipinski definition) is 0. The predicted molar refractivity (Wildman–Crippen MR) is 93.9 cm³/mol. The fraction of sp³-hybridized carbons (Fsp3) is 0.947. The zero-order valence-corrected chi connectivity index (χ0v) is 15.5. The summed E-state index contributed by atoms with van der Waals surface area (Å²) in [5, 5.41) is 0. The monoisotopic (exact) mass is 338 g/mol. The lowest BCUT2D eigenvalue weighted by Crippen LogP contribution is -2.59. The fourth-order valence-electron chi connectivity index (χ4n) is 4.57.